The average Bonchev–Trinajstić information content (AvgIpc) is 2.67. The second kappa shape index (κ2) is 10.1. The first-order valence-electron chi connectivity index (χ1n) is 8.75. The zero-order chi connectivity index (χ0) is 19.6. The molecule has 0 unspecified atom stereocenters. The van der Waals surface area contributed by atoms with E-state index >= 15 is 0 Å². The fraction of sp³-hybridized carbons (Fsp3) is 0.368. The Labute approximate surface area is 159 Å². The maximum absolute atomic E-state index is 11.9. The molecule has 0 atom stereocenters. The molecule has 2 aromatic rings. The van der Waals surface area contributed by atoms with Gasteiger partial charge in [-0.05, 0) is 50.6 Å². The lowest BCUT2D eigenvalue weighted by atomic mass is 10.2. The monoisotopic (exact) mass is 371 g/mol. The van der Waals surface area contributed by atoms with Crippen molar-refractivity contribution in [3.8, 4) is 11.6 Å². The predicted octanol–water partition coefficient (Wildman–Crippen LogP) is 2.17. The van der Waals surface area contributed by atoms with Gasteiger partial charge >= 0.3 is 0 Å². The van der Waals surface area contributed by atoms with E-state index in [1.165, 1.54) is 0 Å². The number of hydrogen-bond acceptors (Lipinski definition) is 7. The molecule has 0 fully saturated rings. The third kappa shape index (κ3) is 6.25. The predicted molar refractivity (Wildman–Crippen MR) is 105 cm³/mol. The maximum Gasteiger partial charge on any atom is 0.278 e. The molecule has 8 nitrogen and oxygen atoms in total. The average molecular weight is 371 g/mol. The van der Waals surface area contributed by atoms with Crippen LogP contribution in [0.25, 0.3) is 0 Å². The van der Waals surface area contributed by atoms with Crippen molar-refractivity contribution in [3.63, 3.8) is 0 Å². The molecule has 1 N–H and O–H groups in total. The first-order valence-corrected chi connectivity index (χ1v) is 8.75. The maximum atomic E-state index is 11.9. The number of methoxy groups -OCH3 is 1. The van der Waals surface area contributed by atoms with Crippen molar-refractivity contribution in [1.82, 2.24) is 15.4 Å². The van der Waals surface area contributed by atoms with Gasteiger partial charge in [0.2, 0.25) is 11.8 Å². The molecule has 0 spiro atoms. The Morgan fingerprint density at radius 2 is 1.93 bits per heavy atom. The highest BCUT2D eigenvalue weighted by Gasteiger charge is 2.10. The van der Waals surface area contributed by atoms with Crippen LogP contribution < -0.4 is 19.8 Å². The Bertz CT molecular complexity index is 773. The van der Waals surface area contributed by atoms with E-state index in [4.69, 9.17) is 9.47 Å². The quantitative estimate of drug-likeness (QED) is 0.537. The smallest absolute Gasteiger partial charge is 0.278 e. The lowest BCUT2D eigenvalue weighted by Crippen LogP contribution is -2.26. The fourth-order valence-electron chi connectivity index (χ4n) is 2.29. The molecule has 0 bridgehead atoms. The first kappa shape index (κ1) is 20.2. The molecule has 0 saturated carbocycles. The molecule has 1 heterocycles. The van der Waals surface area contributed by atoms with Crippen LogP contribution in [0, 0.1) is 6.92 Å². The van der Waals surface area contributed by atoms with E-state index in [2.05, 4.69) is 20.5 Å². The Hall–Kier alpha value is -3.16. The first-order chi connectivity index (χ1) is 13.0. The number of aromatic nitrogens is 2. The highest BCUT2D eigenvalue weighted by Crippen LogP contribution is 2.15. The third-order valence-corrected chi connectivity index (χ3v) is 3.74. The normalized spacial score (nSPS) is 10.7. The van der Waals surface area contributed by atoms with Crippen molar-refractivity contribution in [2.45, 2.75) is 20.8 Å². The van der Waals surface area contributed by atoms with Gasteiger partial charge in [-0.2, -0.15) is 10.1 Å². The summed E-state index contributed by atoms with van der Waals surface area (Å²) in [6, 6.07) is 9.00. The number of ether oxygens (including phenoxy) is 2. The van der Waals surface area contributed by atoms with Crippen LogP contribution in [0.5, 0.6) is 11.6 Å². The van der Waals surface area contributed by atoms with Crippen molar-refractivity contribution in [1.29, 1.82) is 0 Å². The van der Waals surface area contributed by atoms with Crippen LogP contribution in [0.4, 0.5) is 5.95 Å². The largest absolute Gasteiger partial charge is 0.497 e. The minimum atomic E-state index is -0.375. The van der Waals surface area contributed by atoms with Gasteiger partial charge in [0.1, 0.15) is 5.75 Å². The minimum absolute atomic E-state index is 0.186. The topological polar surface area (TPSA) is 88.9 Å². The lowest BCUT2D eigenvalue weighted by Gasteiger charge is -2.19. The van der Waals surface area contributed by atoms with Gasteiger partial charge in [-0.3, -0.25) is 4.79 Å². The van der Waals surface area contributed by atoms with Gasteiger partial charge in [0.15, 0.2) is 6.61 Å². The number of rotatable bonds is 9. The number of benzene rings is 1. The molecule has 0 aliphatic heterocycles. The van der Waals surface area contributed by atoms with Gasteiger partial charge in [-0.25, -0.2) is 10.4 Å². The van der Waals surface area contributed by atoms with E-state index in [1.807, 2.05) is 49.9 Å². The molecule has 0 aliphatic carbocycles. The summed E-state index contributed by atoms with van der Waals surface area (Å²) in [4.78, 5) is 22.7. The van der Waals surface area contributed by atoms with Crippen molar-refractivity contribution in [2.75, 3.05) is 31.7 Å². The minimum Gasteiger partial charge on any atom is -0.497 e. The summed E-state index contributed by atoms with van der Waals surface area (Å²) in [6.45, 7) is 7.32. The summed E-state index contributed by atoms with van der Waals surface area (Å²) in [5.74, 6) is 1.33. The summed E-state index contributed by atoms with van der Waals surface area (Å²) in [5, 5.41) is 3.91. The molecule has 1 aromatic carbocycles. The van der Waals surface area contributed by atoms with Crippen LogP contribution >= 0.6 is 0 Å². The Morgan fingerprint density at radius 1 is 1.22 bits per heavy atom. The summed E-state index contributed by atoms with van der Waals surface area (Å²) in [6.07, 6.45) is 1.55. The number of hydrazone groups is 1. The van der Waals surface area contributed by atoms with Crippen molar-refractivity contribution in [2.24, 2.45) is 5.10 Å². The number of carbonyl (C=O) groups excluding carboxylic acids is 1. The number of hydrogen-bond donors (Lipinski definition) is 1. The van der Waals surface area contributed by atoms with Gasteiger partial charge in [0.05, 0.1) is 13.3 Å². The van der Waals surface area contributed by atoms with Crippen molar-refractivity contribution < 1.29 is 14.3 Å². The van der Waals surface area contributed by atoms with Crippen LogP contribution in [-0.2, 0) is 4.79 Å². The molecule has 27 heavy (non-hydrogen) atoms. The molecule has 8 heteroatoms. The lowest BCUT2D eigenvalue weighted by molar-refractivity contribution is -0.123. The van der Waals surface area contributed by atoms with Crippen LogP contribution in [0.3, 0.4) is 0 Å². The van der Waals surface area contributed by atoms with Gasteiger partial charge in [0.25, 0.3) is 5.91 Å². The zero-order valence-corrected chi connectivity index (χ0v) is 16.1. The Balaban J connectivity index is 1.88. The van der Waals surface area contributed by atoms with E-state index in [0.29, 0.717) is 11.8 Å². The standard InChI is InChI=1S/C19H25N5O3/c1-5-24(6-2)19-21-14(3)11-18(22-19)27-13-17(25)23-20-12-15-7-9-16(26-4)10-8-15/h7-12H,5-6,13H2,1-4H3,(H,23,25). The molecule has 0 saturated heterocycles. The summed E-state index contributed by atoms with van der Waals surface area (Å²) in [7, 11) is 1.60. The third-order valence-electron chi connectivity index (χ3n) is 3.74. The summed E-state index contributed by atoms with van der Waals surface area (Å²) in [5.41, 5.74) is 4.04. The van der Waals surface area contributed by atoms with E-state index < -0.39 is 0 Å². The van der Waals surface area contributed by atoms with Crippen LogP contribution in [0.15, 0.2) is 35.4 Å². The van der Waals surface area contributed by atoms with Gasteiger partial charge < -0.3 is 14.4 Å². The summed E-state index contributed by atoms with van der Waals surface area (Å²) >= 11 is 0. The highest BCUT2D eigenvalue weighted by atomic mass is 16.5. The van der Waals surface area contributed by atoms with Crippen LogP contribution in [0.2, 0.25) is 0 Å². The fourth-order valence-corrected chi connectivity index (χ4v) is 2.29. The molecular formula is C19H25N5O3. The molecule has 0 radical (unpaired) electrons. The Morgan fingerprint density at radius 3 is 2.56 bits per heavy atom. The molecule has 2 rings (SSSR count). The van der Waals surface area contributed by atoms with Crippen molar-refractivity contribution in [3.05, 3.63) is 41.6 Å². The van der Waals surface area contributed by atoms with Crippen LogP contribution in [-0.4, -0.2) is 48.9 Å². The van der Waals surface area contributed by atoms with Crippen LogP contribution in [0.1, 0.15) is 25.1 Å². The molecule has 1 aromatic heterocycles. The van der Waals surface area contributed by atoms with E-state index in [1.54, 1.807) is 19.4 Å². The summed E-state index contributed by atoms with van der Waals surface area (Å²) < 4.78 is 10.6. The van der Waals surface area contributed by atoms with Gasteiger partial charge in [0, 0.05) is 24.8 Å². The highest BCUT2D eigenvalue weighted by molar-refractivity contribution is 5.83. The molecule has 0 aliphatic rings. The van der Waals surface area contributed by atoms with E-state index in [-0.39, 0.29) is 12.5 Å². The number of carbonyl (C=O) groups is 1. The SMILES string of the molecule is CCN(CC)c1nc(C)cc(OCC(=O)NN=Cc2ccc(OC)cc2)n1. The Kier molecular flexibility index (Phi) is 7.54. The molecular weight excluding hydrogens is 346 g/mol. The number of aryl methyl sites for hydroxylation is 1. The van der Waals surface area contributed by atoms with Gasteiger partial charge in [-0.15, -0.1) is 0 Å². The second-order valence-electron chi connectivity index (χ2n) is 5.67. The molecule has 144 valence electrons. The zero-order valence-electron chi connectivity index (χ0n) is 16.1. The van der Waals surface area contributed by atoms with Gasteiger partial charge in [-0.1, -0.05) is 0 Å². The van der Waals surface area contributed by atoms with E-state index in [0.717, 1.165) is 30.1 Å². The molecule has 1 amide bonds. The number of nitrogens with one attached hydrogen (secondary N) is 1. The van der Waals surface area contributed by atoms with Crippen molar-refractivity contribution >= 4 is 18.1 Å². The number of amides is 1. The van der Waals surface area contributed by atoms with E-state index in [9.17, 15) is 4.79 Å². The second-order valence-corrected chi connectivity index (χ2v) is 5.67. The number of nitrogens with zero attached hydrogens (tertiary/aromatic N) is 4. The number of anilines is 1.